The predicted molar refractivity (Wildman–Crippen MR) is 114 cm³/mol. The van der Waals surface area contributed by atoms with Gasteiger partial charge in [0.1, 0.15) is 11.3 Å². The number of hydrogen-bond donors (Lipinski definition) is 2. The molecule has 0 saturated heterocycles. The number of fused-ring (bicyclic) bond motifs is 4. The van der Waals surface area contributed by atoms with Gasteiger partial charge in [0.05, 0.1) is 5.54 Å². The van der Waals surface area contributed by atoms with Crippen LogP contribution in [0.1, 0.15) is 68.3 Å². The third-order valence-corrected chi connectivity index (χ3v) is 7.37. The normalized spacial score (nSPS) is 26.5. The zero-order chi connectivity index (χ0) is 20.0. The molecule has 7 nitrogen and oxygen atoms in total. The molecule has 5 rings (SSSR count). The lowest BCUT2D eigenvalue weighted by Crippen LogP contribution is -2.52. The Bertz CT molecular complexity index is 905. The predicted octanol–water partition coefficient (Wildman–Crippen LogP) is 3.12. The molecule has 0 aromatic carbocycles. The average Bonchev–Trinajstić information content (AvgIpc) is 3.13. The first-order chi connectivity index (χ1) is 14.1. The van der Waals surface area contributed by atoms with Crippen LogP contribution >= 0.6 is 0 Å². The highest BCUT2D eigenvalue weighted by Crippen LogP contribution is 2.40. The molecule has 1 aliphatic heterocycles. The first kappa shape index (κ1) is 18.9. The van der Waals surface area contributed by atoms with E-state index in [0.29, 0.717) is 24.6 Å². The Labute approximate surface area is 172 Å². The highest BCUT2D eigenvalue weighted by Gasteiger charge is 2.41. The van der Waals surface area contributed by atoms with Crippen molar-refractivity contribution in [1.82, 2.24) is 24.8 Å². The van der Waals surface area contributed by atoms with Gasteiger partial charge in [-0.3, -0.25) is 4.79 Å². The van der Waals surface area contributed by atoms with Gasteiger partial charge in [0, 0.05) is 30.2 Å². The quantitative estimate of drug-likeness (QED) is 0.834. The van der Waals surface area contributed by atoms with Crippen molar-refractivity contribution in [2.75, 3.05) is 26.0 Å². The number of carbonyl (C=O) groups excluding carboxylic acids is 1. The summed E-state index contributed by atoms with van der Waals surface area (Å²) in [7, 11) is 4.34. The maximum absolute atomic E-state index is 12.6. The minimum Gasteiger partial charge on any atom is -0.351 e. The van der Waals surface area contributed by atoms with Crippen LogP contribution in [0.3, 0.4) is 0 Å². The lowest BCUT2D eigenvalue weighted by atomic mass is 9.80. The Balaban J connectivity index is 1.45. The molecule has 2 fully saturated rings. The molecule has 7 heteroatoms. The van der Waals surface area contributed by atoms with E-state index in [4.69, 9.17) is 4.98 Å². The molecule has 156 valence electrons. The third kappa shape index (κ3) is 3.29. The highest BCUT2D eigenvalue weighted by atomic mass is 16.2. The molecule has 0 atom stereocenters. The van der Waals surface area contributed by atoms with E-state index in [1.165, 1.54) is 32.1 Å². The summed E-state index contributed by atoms with van der Waals surface area (Å²) in [6.45, 7) is 0.712. The van der Waals surface area contributed by atoms with Crippen LogP contribution in [0.15, 0.2) is 12.3 Å². The number of hydrogen-bond acceptors (Lipinski definition) is 5. The summed E-state index contributed by atoms with van der Waals surface area (Å²) in [5.41, 5.74) is 1.63. The molecule has 29 heavy (non-hydrogen) atoms. The summed E-state index contributed by atoms with van der Waals surface area (Å²) in [5, 5.41) is 7.66. The monoisotopic (exact) mass is 396 g/mol. The van der Waals surface area contributed by atoms with E-state index in [2.05, 4.69) is 39.2 Å². The first-order valence-electron chi connectivity index (χ1n) is 11.2. The van der Waals surface area contributed by atoms with Gasteiger partial charge in [-0.2, -0.15) is 4.98 Å². The topological polar surface area (TPSA) is 75.1 Å². The van der Waals surface area contributed by atoms with Gasteiger partial charge in [0.25, 0.3) is 5.91 Å². The highest BCUT2D eigenvalue weighted by molar-refractivity contribution is 5.99. The van der Waals surface area contributed by atoms with E-state index in [0.717, 1.165) is 42.4 Å². The number of rotatable bonds is 3. The summed E-state index contributed by atoms with van der Waals surface area (Å²) in [6.07, 6.45) is 12.5. The fraction of sp³-hybridized carbons (Fsp3) is 0.682. The zero-order valence-corrected chi connectivity index (χ0v) is 17.6. The number of aromatic nitrogens is 3. The van der Waals surface area contributed by atoms with Crippen molar-refractivity contribution in [2.24, 2.45) is 0 Å². The number of carbonyl (C=O) groups is 1. The Kier molecular flexibility index (Phi) is 4.73. The van der Waals surface area contributed by atoms with E-state index < -0.39 is 0 Å². The van der Waals surface area contributed by atoms with Gasteiger partial charge < -0.3 is 20.1 Å². The molecule has 0 unspecified atom stereocenters. The molecule has 0 radical (unpaired) electrons. The number of nitrogens with one attached hydrogen (secondary N) is 2. The summed E-state index contributed by atoms with van der Waals surface area (Å²) >= 11 is 0. The van der Waals surface area contributed by atoms with Crippen LogP contribution in [0.25, 0.3) is 11.0 Å². The molecular formula is C22H32N6O. The van der Waals surface area contributed by atoms with Crippen molar-refractivity contribution >= 4 is 22.9 Å². The SMILES string of the molecule is CN(C)[C@H]1CC[C@H](Nc2ncc3cc4n(c3n2)C2(CCCCC2)CNC4=O)CC1. The Hall–Kier alpha value is -2.15. The largest absolute Gasteiger partial charge is 0.351 e. The molecule has 2 saturated carbocycles. The molecule has 2 aromatic heterocycles. The average molecular weight is 397 g/mol. The fourth-order valence-corrected chi connectivity index (χ4v) is 5.65. The summed E-state index contributed by atoms with van der Waals surface area (Å²) < 4.78 is 2.25. The molecule has 2 aliphatic carbocycles. The minimum absolute atomic E-state index is 0.00992. The van der Waals surface area contributed by atoms with Gasteiger partial charge in [-0.15, -0.1) is 0 Å². The van der Waals surface area contributed by atoms with Gasteiger partial charge in [0.15, 0.2) is 0 Å². The third-order valence-electron chi connectivity index (χ3n) is 7.37. The van der Waals surface area contributed by atoms with Gasteiger partial charge in [-0.05, 0) is 58.7 Å². The van der Waals surface area contributed by atoms with E-state index in [9.17, 15) is 4.79 Å². The van der Waals surface area contributed by atoms with Gasteiger partial charge in [-0.1, -0.05) is 19.3 Å². The van der Waals surface area contributed by atoms with Crippen molar-refractivity contribution in [3.63, 3.8) is 0 Å². The molecule has 0 bridgehead atoms. The van der Waals surface area contributed by atoms with Crippen molar-refractivity contribution in [1.29, 1.82) is 0 Å². The zero-order valence-electron chi connectivity index (χ0n) is 17.6. The fourth-order valence-electron chi connectivity index (χ4n) is 5.65. The van der Waals surface area contributed by atoms with Gasteiger partial charge in [0.2, 0.25) is 5.95 Å². The van der Waals surface area contributed by atoms with E-state index in [1.54, 1.807) is 0 Å². The Morgan fingerprint density at radius 1 is 1.17 bits per heavy atom. The van der Waals surface area contributed by atoms with Crippen LogP contribution < -0.4 is 10.6 Å². The summed E-state index contributed by atoms with van der Waals surface area (Å²) in [5.74, 6) is 0.708. The number of anilines is 1. The number of amides is 1. The van der Waals surface area contributed by atoms with Crippen LogP contribution in [-0.4, -0.2) is 58.1 Å². The lowest BCUT2D eigenvalue weighted by molar-refractivity contribution is 0.0833. The number of nitrogens with zero attached hydrogens (tertiary/aromatic N) is 4. The molecule has 1 spiro atoms. The standard InChI is InChI=1S/C22H32N6O/c1-27(2)17-8-6-16(7-9-17)25-21-23-13-15-12-18-20(29)24-14-22(10-4-3-5-11-22)28(18)19(15)26-21/h12-13,16-17H,3-11,14H2,1-2H3,(H,24,29)(H,23,25,26)/t16-,17-. The van der Waals surface area contributed by atoms with Crippen molar-refractivity contribution in [3.05, 3.63) is 18.0 Å². The van der Waals surface area contributed by atoms with Crippen LogP contribution in [0.5, 0.6) is 0 Å². The molecule has 2 N–H and O–H groups in total. The van der Waals surface area contributed by atoms with Crippen LogP contribution in [0, 0.1) is 0 Å². The molecule has 2 aromatic rings. The maximum atomic E-state index is 12.6. The van der Waals surface area contributed by atoms with Crippen LogP contribution in [0.4, 0.5) is 5.95 Å². The van der Waals surface area contributed by atoms with E-state index >= 15 is 0 Å². The van der Waals surface area contributed by atoms with Crippen molar-refractivity contribution in [3.8, 4) is 0 Å². The lowest BCUT2D eigenvalue weighted by Gasteiger charge is -2.42. The van der Waals surface area contributed by atoms with Crippen LogP contribution in [0.2, 0.25) is 0 Å². The van der Waals surface area contributed by atoms with Crippen molar-refractivity contribution in [2.45, 2.75) is 75.4 Å². The first-order valence-corrected chi connectivity index (χ1v) is 11.2. The minimum atomic E-state index is -0.0291. The van der Waals surface area contributed by atoms with Gasteiger partial charge >= 0.3 is 0 Å². The summed E-state index contributed by atoms with van der Waals surface area (Å²) in [4.78, 5) is 24.4. The van der Waals surface area contributed by atoms with Crippen molar-refractivity contribution < 1.29 is 4.79 Å². The molecule has 1 amide bonds. The van der Waals surface area contributed by atoms with E-state index in [-0.39, 0.29) is 11.4 Å². The molecule has 3 aliphatic rings. The van der Waals surface area contributed by atoms with E-state index in [1.807, 2.05) is 12.3 Å². The second-order valence-corrected chi connectivity index (χ2v) is 9.42. The second kappa shape index (κ2) is 7.27. The Morgan fingerprint density at radius 3 is 2.66 bits per heavy atom. The molecular weight excluding hydrogens is 364 g/mol. The van der Waals surface area contributed by atoms with Gasteiger partial charge in [-0.25, -0.2) is 4.98 Å². The smallest absolute Gasteiger partial charge is 0.268 e. The summed E-state index contributed by atoms with van der Waals surface area (Å²) in [6, 6.07) is 3.07. The second-order valence-electron chi connectivity index (χ2n) is 9.42. The maximum Gasteiger partial charge on any atom is 0.268 e. The van der Waals surface area contributed by atoms with Crippen LogP contribution in [-0.2, 0) is 5.54 Å². The molecule has 3 heterocycles. The Morgan fingerprint density at radius 2 is 1.93 bits per heavy atom.